The first-order valence-corrected chi connectivity index (χ1v) is 8.17. The van der Waals surface area contributed by atoms with Crippen molar-refractivity contribution in [3.05, 3.63) is 17.8 Å². The summed E-state index contributed by atoms with van der Waals surface area (Å²) < 4.78 is 0. The van der Waals surface area contributed by atoms with Gasteiger partial charge in [0.15, 0.2) is 0 Å². The summed E-state index contributed by atoms with van der Waals surface area (Å²) in [6, 6.07) is 2.34. The Morgan fingerprint density at radius 1 is 1.50 bits per heavy atom. The van der Waals surface area contributed by atoms with Crippen molar-refractivity contribution in [2.24, 2.45) is 21.6 Å². The Hall–Kier alpha value is -1.50. The molecule has 6 nitrogen and oxygen atoms in total. The van der Waals surface area contributed by atoms with Gasteiger partial charge in [-0.3, -0.25) is 9.80 Å². The fraction of sp³-hybridized carbons (Fsp3) is 0.625. The average molecular weight is 300 g/mol. The second-order valence-corrected chi connectivity index (χ2v) is 6.73. The lowest BCUT2D eigenvalue weighted by molar-refractivity contribution is -0.0637. The molecule has 4 heterocycles. The van der Waals surface area contributed by atoms with Crippen molar-refractivity contribution in [1.29, 1.82) is 0 Å². The Morgan fingerprint density at radius 2 is 2.41 bits per heavy atom. The minimum atomic E-state index is 0.218. The van der Waals surface area contributed by atoms with Crippen LogP contribution in [0.5, 0.6) is 0 Å². The van der Waals surface area contributed by atoms with Crippen LogP contribution in [0.3, 0.4) is 0 Å². The lowest BCUT2D eigenvalue weighted by Crippen LogP contribution is -2.68. The van der Waals surface area contributed by atoms with E-state index in [0.717, 1.165) is 37.9 Å². The van der Waals surface area contributed by atoms with E-state index in [1.54, 1.807) is 6.34 Å². The highest BCUT2D eigenvalue weighted by atomic mass is 15.4. The van der Waals surface area contributed by atoms with Crippen LogP contribution in [0.15, 0.2) is 22.2 Å². The second kappa shape index (κ2) is 5.30. The number of aromatic nitrogens is 1. The minimum Gasteiger partial charge on any atom is -0.346 e. The van der Waals surface area contributed by atoms with Gasteiger partial charge < -0.3 is 10.7 Å². The van der Waals surface area contributed by atoms with E-state index in [0.29, 0.717) is 5.54 Å². The van der Waals surface area contributed by atoms with E-state index in [-0.39, 0.29) is 6.04 Å². The summed E-state index contributed by atoms with van der Waals surface area (Å²) in [4.78, 5) is 17.0. The number of rotatable bonds is 3. The van der Waals surface area contributed by atoms with Gasteiger partial charge in [-0.15, -0.1) is 0 Å². The normalized spacial score (nSPS) is 34.8. The van der Waals surface area contributed by atoms with Crippen molar-refractivity contribution in [3.63, 3.8) is 0 Å². The van der Waals surface area contributed by atoms with Gasteiger partial charge in [0.1, 0.15) is 12.2 Å². The minimum absolute atomic E-state index is 0.218. The van der Waals surface area contributed by atoms with Crippen LogP contribution in [-0.2, 0) is 0 Å². The number of nitrogens with two attached hydrogens (primary N) is 1. The highest BCUT2D eigenvalue weighted by molar-refractivity contribution is 5.82. The number of hydrogen-bond donors (Lipinski definition) is 2. The lowest BCUT2D eigenvalue weighted by atomic mass is 9.74. The van der Waals surface area contributed by atoms with Gasteiger partial charge in [0.2, 0.25) is 0 Å². The van der Waals surface area contributed by atoms with E-state index in [1.165, 1.54) is 18.5 Å². The molecule has 0 bridgehead atoms. The number of aromatic amines is 1. The number of H-pyrrole nitrogens is 1. The quantitative estimate of drug-likeness (QED) is 0.879. The van der Waals surface area contributed by atoms with Crippen LogP contribution < -0.4 is 5.73 Å². The van der Waals surface area contributed by atoms with Crippen molar-refractivity contribution < 1.29 is 0 Å². The van der Waals surface area contributed by atoms with Gasteiger partial charge in [-0.25, -0.2) is 9.98 Å². The number of aliphatic imine (C=N–C) groups is 2. The van der Waals surface area contributed by atoms with Gasteiger partial charge in [0, 0.05) is 56.2 Å². The fourth-order valence-electron chi connectivity index (χ4n) is 4.40. The van der Waals surface area contributed by atoms with Gasteiger partial charge in [-0.1, -0.05) is 6.92 Å². The van der Waals surface area contributed by atoms with Gasteiger partial charge in [0.25, 0.3) is 0 Å². The van der Waals surface area contributed by atoms with Crippen molar-refractivity contribution in [1.82, 2.24) is 14.8 Å². The van der Waals surface area contributed by atoms with E-state index in [9.17, 15) is 0 Å². The van der Waals surface area contributed by atoms with Crippen LogP contribution in [0.25, 0.3) is 0 Å². The SMILES string of the molecule is CC1CN(CCN)C12CCN(C1C=NC=Nc3[nH]ccc31)C2. The fourth-order valence-corrected chi connectivity index (χ4v) is 4.40. The Kier molecular flexibility index (Phi) is 3.40. The summed E-state index contributed by atoms with van der Waals surface area (Å²) in [6.45, 7) is 7.51. The van der Waals surface area contributed by atoms with E-state index in [1.807, 2.05) is 12.4 Å². The Bertz CT molecular complexity index is 604. The Balaban J connectivity index is 1.57. The first kappa shape index (κ1) is 14.1. The van der Waals surface area contributed by atoms with Gasteiger partial charge in [-0.05, 0) is 18.4 Å². The molecule has 1 aromatic heterocycles. The molecule has 0 amide bonds. The zero-order valence-electron chi connectivity index (χ0n) is 13.1. The molecule has 4 rings (SSSR count). The molecule has 2 saturated heterocycles. The molecular weight excluding hydrogens is 276 g/mol. The zero-order valence-corrected chi connectivity index (χ0v) is 13.1. The summed E-state index contributed by atoms with van der Waals surface area (Å²) in [6.07, 6.45) is 6.85. The topological polar surface area (TPSA) is 73.0 Å². The number of nitrogens with zero attached hydrogens (tertiary/aromatic N) is 4. The molecule has 3 N–H and O–H groups in total. The number of fused-ring (bicyclic) bond motifs is 1. The van der Waals surface area contributed by atoms with E-state index in [4.69, 9.17) is 5.73 Å². The first-order chi connectivity index (χ1) is 10.7. The van der Waals surface area contributed by atoms with Crippen LogP contribution in [0, 0.1) is 5.92 Å². The molecule has 2 fully saturated rings. The van der Waals surface area contributed by atoms with Crippen LogP contribution in [0.4, 0.5) is 5.82 Å². The highest BCUT2D eigenvalue weighted by Gasteiger charge is 2.54. The smallest absolute Gasteiger partial charge is 0.136 e. The summed E-state index contributed by atoms with van der Waals surface area (Å²) >= 11 is 0. The summed E-state index contributed by atoms with van der Waals surface area (Å²) in [7, 11) is 0. The largest absolute Gasteiger partial charge is 0.346 e. The molecule has 3 aliphatic rings. The van der Waals surface area contributed by atoms with Crippen molar-refractivity contribution in [2.75, 3.05) is 32.7 Å². The Morgan fingerprint density at radius 3 is 3.23 bits per heavy atom. The molecule has 3 unspecified atom stereocenters. The molecule has 0 aliphatic carbocycles. The molecule has 1 aromatic rings. The summed E-state index contributed by atoms with van der Waals surface area (Å²) in [5.74, 6) is 1.68. The molecule has 0 aromatic carbocycles. The summed E-state index contributed by atoms with van der Waals surface area (Å²) in [5.41, 5.74) is 7.33. The van der Waals surface area contributed by atoms with Crippen LogP contribution >= 0.6 is 0 Å². The third-order valence-corrected chi connectivity index (χ3v) is 5.70. The van der Waals surface area contributed by atoms with Gasteiger partial charge in [0.05, 0.1) is 6.04 Å². The third kappa shape index (κ3) is 1.98. The predicted octanol–water partition coefficient (Wildman–Crippen LogP) is 1.15. The van der Waals surface area contributed by atoms with Crippen molar-refractivity contribution in [3.8, 4) is 0 Å². The molecule has 118 valence electrons. The first-order valence-electron chi connectivity index (χ1n) is 8.17. The maximum atomic E-state index is 5.79. The Labute approximate surface area is 131 Å². The molecule has 0 radical (unpaired) electrons. The van der Waals surface area contributed by atoms with Crippen LogP contribution in [0.2, 0.25) is 0 Å². The van der Waals surface area contributed by atoms with Crippen molar-refractivity contribution in [2.45, 2.75) is 24.9 Å². The molecule has 22 heavy (non-hydrogen) atoms. The van der Waals surface area contributed by atoms with Crippen LogP contribution in [-0.4, -0.2) is 65.6 Å². The standard InChI is InChI=1S/C16H24N6/c1-12-9-22(7-4-17)16(12)3-6-21(10-16)14-8-18-11-20-15-13(14)2-5-19-15/h2,5,8,11-12,14,19H,3-4,6-7,9-10,17H2,1H3. The zero-order chi connectivity index (χ0) is 15.2. The number of nitrogens with one attached hydrogen (secondary N) is 1. The van der Waals surface area contributed by atoms with E-state index >= 15 is 0 Å². The molecular formula is C16H24N6. The van der Waals surface area contributed by atoms with Gasteiger partial charge >= 0.3 is 0 Å². The summed E-state index contributed by atoms with van der Waals surface area (Å²) in [5, 5.41) is 0. The van der Waals surface area contributed by atoms with E-state index < -0.39 is 0 Å². The predicted molar refractivity (Wildman–Crippen MR) is 88.9 cm³/mol. The van der Waals surface area contributed by atoms with Crippen LogP contribution in [0.1, 0.15) is 24.9 Å². The van der Waals surface area contributed by atoms with Crippen molar-refractivity contribution >= 4 is 18.4 Å². The second-order valence-electron chi connectivity index (χ2n) is 6.73. The maximum absolute atomic E-state index is 5.79. The van der Waals surface area contributed by atoms with E-state index in [2.05, 4.69) is 37.8 Å². The molecule has 1 spiro atoms. The number of hydrogen-bond acceptors (Lipinski definition) is 5. The highest BCUT2D eigenvalue weighted by Crippen LogP contribution is 2.45. The van der Waals surface area contributed by atoms with Gasteiger partial charge in [-0.2, -0.15) is 0 Å². The molecule has 6 heteroatoms. The lowest BCUT2D eigenvalue weighted by Gasteiger charge is -2.56. The molecule has 3 atom stereocenters. The monoisotopic (exact) mass is 300 g/mol. The molecule has 3 aliphatic heterocycles. The third-order valence-electron chi connectivity index (χ3n) is 5.70. The average Bonchev–Trinajstić information content (AvgIpc) is 3.13. The number of likely N-dealkylation sites (tertiary alicyclic amines) is 2. The maximum Gasteiger partial charge on any atom is 0.136 e. The molecule has 0 saturated carbocycles.